The third-order valence-corrected chi connectivity index (χ3v) is 5.89. The Morgan fingerprint density at radius 3 is 2.57 bits per heavy atom. The molecule has 0 bridgehead atoms. The van der Waals surface area contributed by atoms with Gasteiger partial charge in [0.25, 0.3) is 0 Å². The fraction of sp³-hybridized carbons (Fsp3) is 0.0417. The van der Waals surface area contributed by atoms with E-state index >= 15 is 0 Å². The molecule has 4 heteroatoms. The minimum Gasteiger partial charge on any atom is -0.274 e. The average molecular weight is 358 g/mol. The molecule has 28 heavy (non-hydrogen) atoms. The molecule has 130 valence electrons. The molecule has 0 saturated carbocycles. The first-order chi connectivity index (χ1) is 13.9. The van der Waals surface area contributed by atoms with Crippen LogP contribution in [0.4, 0.5) is 0 Å². The number of nitrogens with zero attached hydrogens (tertiary/aromatic N) is 4. The van der Waals surface area contributed by atoms with Gasteiger partial charge in [0.15, 0.2) is 5.65 Å². The summed E-state index contributed by atoms with van der Waals surface area (Å²) in [6.45, 7) is 0. The second kappa shape index (κ2) is 4.93. The van der Waals surface area contributed by atoms with Crippen molar-refractivity contribution in [3.05, 3.63) is 84.2 Å². The molecular formula is C24H14N4. The number of benzene rings is 2. The zero-order chi connectivity index (χ0) is 18.2. The van der Waals surface area contributed by atoms with Crippen LogP contribution < -0.4 is 0 Å². The van der Waals surface area contributed by atoms with Crippen molar-refractivity contribution in [1.82, 2.24) is 19.4 Å². The summed E-state index contributed by atoms with van der Waals surface area (Å²) in [4.78, 5) is 14.1. The third kappa shape index (κ3) is 1.68. The predicted molar refractivity (Wildman–Crippen MR) is 112 cm³/mol. The van der Waals surface area contributed by atoms with E-state index in [0.29, 0.717) is 0 Å². The molecule has 7 rings (SSSR count). The van der Waals surface area contributed by atoms with Gasteiger partial charge in [-0.2, -0.15) is 0 Å². The monoisotopic (exact) mass is 358 g/mol. The maximum Gasteiger partial charge on any atom is 0.178 e. The lowest BCUT2D eigenvalue weighted by molar-refractivity contribution is 1.23. The van der Waals surface area contributed by atoms with E-state index in [1.165, 1.54) is 27.6 Å². The summed E-state index contributed by atoms with van der Waals surface area (Å²) in [6, 6.07) is 21.5. The van der Waals surface area contributed by atoms with Gasteiger partial charge in [-0.15, -0.1) is 0 Å². The first kappa shape index (κ1) is 14.3. The predicted octanol–water partition coefficient (Wildman–Crippen LogP) is 5.16. The molecule has 4 aromatic heterocycles. The Balaban J connectivity index is 1.75. The van der Waals surface area contributed by atoms with Crippen LogP contribution in [0.15, 0.2) is 73.1 Å². The van der Waals surface area contributed by atoms with Crippen LogP contribution in [0.1, 0.15) is 11.1 Å². The van der Waals surface area contributed by atoms with Crippen molar-refractivity contribution in [2.45, 2.75) is 6.42 Å². The molecule has 2 aromatic carbocycles. The number of fused-ring (bicyclic) bond motifs is 11. The lowest BCUT2D eigenvalue weighted by Crippen LogP contribution is -1.95. The lowest BCUT2D eigenvalue weighted by atomic mass is 9.99. The minimum atomic E-state index is 0.753. The number of pyridine rings is 3. The zero-order valence-corrected chi connectivity index (χ0v) is 14.9. The van der Waals surface area contributed by atoms with Crippen molar-refractivity contribution in [3.8, 4) is 11.1 Å². The first-order valence-corrected chi connectivity index (χ1v) is 9.43. The van der Waals surface area contributed by atoms with E-state index in [1.807, 2.05) is 18.3 Å². The molecule has 1 aliphatic carbocycles. The van der Waals surface area contributed by atoms with Crippen LogP contribution in [0, 0.1) is 0 Å². The van der Waals surface area contributed by atoms with E-state index in [9.17, 15) is 0 Å². The fourth-order valence-electron chi connectivity index (χ4n) is 4.69. The highest BCUT2D eigenvalue weighted by atomic mass is 15.1. The molecule has 4 nitrogen and oxygen atoms in total. The summed E-state index contributed by atoms with van der Waals surface area (Å²) in [5, 5.41) is 3.50. The van der Waals surface area contributed by atoms with Crippen molar-refractivity contribution >= 4 is 38.6 Å². The SMILES string of the molecule is c1ccc2c(c1)Cc1cc3c4cccnc4n4c5cccnc5nc4c3cc1-2. The van der Waals surface area contributed by atoms with E-state index in [2.05, 4.69) is 57.9 Å². The molecule has 0 saturated heterocycles. The van der Waals surface area contributed by atoms with Gasteiger partial charge in [-0.25, -0.2) is 15.0 Å². The van der Waals surface area contributed by atoms with Crippen LogP contribution in [0.3, 0.4) is 0 Å². The Morgan fingerprint density at radius 1 is 0.679 bits per heavy atom. The minimum absolute atomic E-state index is 0.753. The van der Waals surface area contributed by atoms with Gasteiger partial charge in [0.05, 0.1) is 5.52 Å². The van der Waals surface area contributed by atoms with E-state index < -0.39 is 0 Å². The summed E-state index contributed by atoms with van der Waals surface area (Å²) in [5.74, 6) is 0. The first-order valence-electron chi connectivity index (χ1n) is 9.43. The van der Waals surface area contributed by atoms with E-state index in [0.717, 1.165) is 39.7 Å². The van der Waals surface area contributed by atoms with Gasteiger partial charge in [0.1, 0.15) is 11.3 Å². The molecule has 0 spiro atoms. The van der Waals surface area contributed by atoms with E-state index in [-0.39, 0.29) is 0 Å². The summed E-state index contributed by atoms with van der Waals surface area (Å²) in [7, 11) is 0. The topological polar surface area (TPSA) is 43.1 Å². The second-order valence-corrected chi connectivity index (χ2v) is 7.38. The van der Waals surface area contributed by atoms with Crippen molar-refractivity contribution < 1.29 is 0 Å². The van der Waals surface area contributed by atoms with Gasteiger partial charge in [0, 0.05) is 23.2 Å². The van der Waals surface area contributed by atoms with Crippen molar-refractivity contribution in [2.75, 3.05) is 0 Å². The molecule has 0 radical (unpaired) electrons. The maximum atomic E-state index is 4.89. The highest BCUT2D eigenvalue weighted by molar-refractivity contribution is 6.14. The van der Waals surface area contributed by atoms with Crippen LogP contribution in [0.2, 0.25) is 0 Å². The van der Waals surface area contributed by atoms with Crippen LogP contribution in [-0.4, -0.2) is 19.4 Å². The molecule has 0 aliphatic heterocycles. The highest BCUT2D eigenvalue weighted by Crippen LogP contribution is 2.41. The standard InChI is InChI=1S/C24H14N4/c1-2-6-16-14(5-1)11-15-12-19-17-7-3-10-26-23(17)28-21-8-4-9-25-22(21)27-24(28)20(19)13-18(15)16/h1-10,12-13H,11H2. The quantitative estimate of drug-likeness (QED) is 0.352. The summed E-state index contributed by atoms with van der Waals surface area (Å²) < 4.78 is 2.15. The largest absolute Gasteiger partial charge is 0.274 e. The van der Waals surface area contributed by atoms with Gasteiger partial charge in [-0.05, 0) is 70.5 Å². The maximum absolute atomic E-state index is 4.89. The second-order valence-electron chi connectivity index (χ2n) is 7.38. The Kier molecular flexibility index (Phi) is 2.51. The lowest BCUT2D eigenvalue weighted by Gasteiger charge is -2.10. The Labute approximate surface area is 160 Å². The summed E-state index contributed by atoms with van der Waals surface area (Å²) in [5.41, 5.74) is 9.00. The van der Waals surface area contributed by atoms with Crippen LogP contribution in [0.5, 0.6) is 0 Å². The molecule has 4 heterocycles. The third-order valence-electron chi connectivity index (χ3n) is 5.89. The number of aromatic nitrogens is 4. The Bertz CT molecular complexity index is 1590. The van der Waals surface area contributed by atoms with Gasteiger partial charge in [0.2, 0.25) is 0 Å². The average Bonchev–Trinajstić information content (AvgIpc) is 3.31. The molecule has 0 atom stereocenters. The molecule has 0 unspecified atom stereocenters. The normalized spacial score (nSPS) is 12.9. The summed E-state index contributed by atoms with van der Waals surface area (Å²) >= 11 is 0. The molecule has 0 N–H and O–H groups in total. The molecular weight excluding hydrogens is 344 g/mol. The van der Waals surface area contributed by atoms with Gasteiger partial charge < -0.3 is 0 Å². The summed E-state index contributed by atoms with van der Waals surface area (Å²) in [6.07, 6.45) is 4.62. The van der Waals surface area contributed by atoms with Crippen molar-refractivity contribution in [1.29, 1.82) is 0 Å². The van der Waals surface area contributed by atoms with Crippen molar-refractivity contribution in [2.24, 2.45) is 0 Å². The molecule has 0 amide bonds. The van der Waals surface area contributed by atoms with Gasteiger partial charge >= 0.3 is 0 Å². The molecule has 1 aliphatic rings. The molecule has 0 fully saturated rings. The van der Waals surface area contributed by atoms with Crippen LogP contribution in [0.25, 0.3) is 49.7 Å². The smallest absolute Gasteiger partial charge is 0.178 e. The van der Waals surface area contributed by atoms with E-state index in [4.69, 9.17) is 9.97 Å². The van der Waals surface area contributed by atoms with Crippen LogP contribution >= 0.6 is 0 Å². The number of rotatable bonds is 0. The van der Waals surface area contributed by atoms with Gasteiger partial charge in [-0.1, -0.05) is 24.3 Å². The fourth-order valence-corrected chi connectivity index (χ4v) is 4.69. The Hall–Kier alpha value is -3.79. The molecule has 6 aromatic rings. The van der Waals surface area contributed by atoms with E-state index in [1.54, 1.807) is 6.20 Å². The van der Waals surface area contributed by atoms with Gasteiger partial charge in [-0.3, -0.25) is 4.40 Å². The van der Waals surface area contributed by atoms with Crippen LogP contribution in [-0.2, 0) is 6.42 Å². The zero-order valence-electron chi connectivity index (χ0n) is 14.9. The number of imidazole rings is 1. The number of hydrogen-bond acceptors (Lipinski definition) is 3. The Morgan fingerprint density at radius 2 is 1.57 bits per heavy atom. The highest BCUT2D eigenvalue weighted by Gasteiger charge is 2.22. The number of hydrogen-bond donors (Lipinski definition) is 0. The van der Waals surface area contributed by atoms with Crippen molar-refractivity contribution in [3.63, 3.8) is 0 Å².